The van der Waals surface area contributed by atoms with Crippen LogP contribution in [0.25, 0.3) is 49.3 Å². The summed E-state index contributed by atoms with van der Waals surface area (Å²) in [6, 6.07) is 2.81. The number of aromatic carboxylic acids is 1. The zero-order valence-corrected chi connectivity index (χ0v) is 30.4. The molecule has 0 spiro atoms. The van der Waals surface area contributed by atoms with Crippen LogP contribution < -0.4 is 15.6 Å². The molecule has 15 nitrogen and oxygen atoms in total. The van der Waals surface area contributed by atoms with Crippen LogP contribution in [0.2, 0.25) is 0 Å². The van der Waals surface area contributed by atoms with Gasteiger partial charge in [-0.25, -0.2) is 28.6 Å². The quantitative estimate of drug-likeness (QED) is 0.135. The maximum Gasteiger partial charge on any atom is 0.474 e. The van der Waals surface area contributed by atoms with Gasteiger partial charge in [-0.3, -0.25) is 13.8 Å². The molecule has 1 aromatic carbocycles. The van der Waals surface area contributed by atoms with Crippen molar-refractivity contribution in [2.45, 2.75) is 45.6 Å². The molecule has 0 bridgehead atoms. The molecule has 2 saturated heterocycles. The van der Waals surface area contributed by atoms with Crippen molar-refractivity contribution in [3.63, 3.8) is 0 Å². The number of carboxylic acid groups (broad SMARTS) is 1. The summed E-state index contributed by atoms with van der Waals surface area (Å²) in [5.41, 5.74) is 0.398. The van der Waals surface area contributed by atoms with Crippen LogP contribution in [0.4, 0.5) is 21.5 Å². The second-order valence-electron chi connectivity index (χ2n) is 14.4. The van der Waals surface area contributed by atoms with Crippen molar-refractivity contribution in [2.75, 3.05) is 43.9 Å². The molecule has 1 unspecified atom stereocenters. The second-order valence-corrected chi connectivity index (χ2v) is 15.7. The van der Waals surface area contributed by atoms with E-state index in [1.165, 1.54) is 21.4 Å². The number of likely N-dealkylation sites (tertiary alicyclic amines) is 1. The number of nitrogens with zero attached hydrogens (tertiary/aromatic N) is 7. The van der Waals surface area contributed by atoms with Crippen molar-refractivity contribution >= 4 is 52.8 Å². The Kier molecular flexibility index (Phi) is 8.63. The predicted molar refractivity (Wildman–Crippen MR) is 194 cm³/mol. The average Bonchev–Trinajstić information content (AvgIpc) is 3.76. The molecule has 2 fully saturated rings. The highest BCUT2D eigenvalue weighted by Crippen LogP contribution is 2.53. The third kappa shape index (κ3) is 5.98. The summed E-state index contributed by atoms with van der Waals surface area (Å²) in [5.74, 6) is -1.56. The van der Waals surface area contributed by atoms with Gasteiger partial charge in [-0.2, -0.15) is 0 Å². The van der Waals surface area contributed by atoms with Crippen molar-refractivity contribution in [3.05, 3.63) is 63.7 Å². The van der Waals surface area contributed by atoms with Gasteiger partial charge in [-0.05, 0) is 52.3 Å². The normalized spacial score (nSPS) is 19.0. The SMILES string of the molecule is [C-]#[N+]c1c(F)cc(NC)c2nc3n(COP(=O)(O)OC(C)(C)C)cc(-c4cnc5c(c4)c(=O)c(C(=O)O)cn5C)c(N4CC[C@H]5CN(C)C[C@H]54)c-3c12. The van der Waals surface area contributed by atoms with Gasteiger partial charge >= 0.3 is 13.8 Å². The van der Waals surface area contributed by atoms with E-state index in [0.717, 1.165) is 19.5 Å². The molecule has 0 aliphatic carbocycles. The zero-order chi connectivity index (χ0) is 37.4. The number of rotatable bonds is 8. The first-order chi connectivity index (χ1) is 24.5. The lowest BCUT2D eigenvalue weighted by atomic mass is 9.96. The summed E-state index contributed by atoms with van der Waals surface area (Å²) in [4.78, 5) is 53.8. The molecule has 0 amide bonds. The maximum absolute atomic E-state index is 15.8. The Hall–Kier alpha value is -4.91. The van der Waals surface area contributed by atoms with Crippen LogP contribution in [-0.2, 0) is 27.4 Å². The first kappa shape index (κ1) is 35.5. The van der Waals surface area contributed by atoms with E-state index in [9.17, 15) is 24.2 Å². The number of benzene rings is 1. The van der Waals surface area contributed by atoms with Crippen LogP contribution in [-0.4, -0.2) is 85.3 Å². The molecular weight excluding hydrogens is 694 g/mol. The van der Waals surface area contributed by atoms with E-state index in [1.807, 2.05) is 7.05 Å². The van der Waals surface area contributed by atoms with Crippen LogP contribution in [0.15, 0.2) is 35.5 Å². The molecule has 2 aromatic heterocycles. The van der Waals surface area contributed by atoms with Gasteiger partial charge in [0.05, 0.1) is 34.5 Å². The van der Waals surface area contributed by atoms with Crippen LogP contribution >= 0.6 is 7.82 Å². The third-order valence-corrected chi connectivity index (χ3v) is 10.9. The summed E-state index contributed by atoms with van der Waals surface area (Å²) in [7, 11) is 0.631. The van der Waals surface area contributed by atoms with E-state index < -0.39 is 42.9 Å². The van der Waals surface area contributed by atoms with E-state index >= 15 is 4.39 Å². The molecule has 52 heavy (non-hydrogen) atoms. The molecule has 0 radical (unpaired) electrons. The van der Waals surface area contributed by atoms with Crippen LogP contribution in [0.1, 0.15) is 37.6 Å². The number of carbonyl (C=O) groups is 1. The van der Waals surface area contributed by atoms with E-state index in [-0.39, 0.29) is 34.0 Å². The number of aryl methyl sites for hydroxylation is 1. The highest BCUT2D eigenvalue weighted by Gasteiger charge is 2.43. The second kappa shape index (κ2) is 12.6. The highest BCUT2D eigenvalue weighted by molar-refractivity contribution is 7.47. The highest BCUT2D eigenvalue weighted by atomic mass is 31.2. The Balaban J connectivity index is 1.59. The van der Waals surface area contributed by atoms with Gasteiger partial charge < -0.3 is 34.3 Å². The largest absolute Gasteiger partial charge is 0.477 e. The third-order valence-electron chi connectivity index (χ3n) is 9.67. The van der Waals surface area contributed by atoms with Gasteiger partial charge in [0.25, 0.3) is 0 Å². The first-order valence-electron chi connectivity index (χ1n) is 16.6. The number of likely N-dealkylation sites (N-methyl/N-ethyl adjacent to an activating group) is 1. The molecule has 7 rings (SSSR count). The number of hydrogen-bond acceptors (Lipinski definition) is 10. The van der Waals surface area contributed by atoms with E-state index in [4.69, 9.17) is 20.6 Å². The lowest BCUT2D eigenvalue weighted by molar-refractivity contribution is 0.0486. The summed E-state index contributed by atoms with van der Waals surface area (Å²) < 4.78 is 42.7. The minimum atomic E-state index is -4.63. The zero-order valence-electron chi connectivity index (χ0n) is 29.5. The van der Waals surface area contributed by atoms with Gasteiger partial charge in [0, 0.05) is 80.4 Å². The number of phosphoric acid groups is 1. The van der Waals surface area contributed by atoms with E-state index in [2.05, 4.69) is 24.9 Å². The Bertz CT molecular complexity index is 2420. The Morgan fingerprint density at radius 3 is 2.65 bits per heavy atom. The Morgan fingerprint density at radius 1 is 1.23 bits per heavy atom. The number of pyridine rings is 3. The van der Waals surface area contributed by atoms with Gasteiger partial charge in [0.1, 0.15) is 29.6 Å². The van der Waals surface area contributed by atoms with Crippen LogP contribution in [0.5, 0.6) is 0 Å². The number of aromatic nitrogens is 4. The number of carboxylic acids is 1. The lowest BCUT2D eigenvalue weighted by Gasteiger charge is -2.32. The minimum absolute atomic E-state index is 0.0375. The molecule has 0 saturated carbocycles. The fraction of sp³-hybridized carbons (Fsp3) is 0.400. The fourth-order valence-corrected chi connectivity index (χ4v) is 8.65. The Morgan fingerprint density at radius 2 is 1.98 bits per heavy atom. The molecule has 4 aliphatic rings. The number of hydrogen-bond donors (Lipinski definition) is 3. The van der Waals surface area contributed by atoms with Gasteiger partial charge in [-0.15, -0.1) is 0 Å². The first-order valence-corrected chi connectivity index (χ1v) is 18.1. The molecule has 272 valence electrons. The molecule has 4 aliphatic heterocycles. The summed E-state index contributed by atoms with van der Waals surface area (Å²) in [6.07, 6.45) is 5.30. The number of nitrogens with one attached hydrogen (secondary N) is 1. The van der Waals surface area contributed by atoms with E-state index in [0.29, 0.717) is 46.0 Å². The molecule has 3 N–H and O–H groups in total. The van der Waals surface area contributed by atoms with Crippen LogP contribution in [0.3, 0.4) is 0 Å². The monoisotopic (exact) mass is 732 g/mol. The summed E-state index contributed by atoms with van der Waals surface area (Å²) in [6.45, 7) is 14.6. The lowest BCUT2D eigenvalue weighted by Crippen LogP contribution is -2.35. The molecule has 17 heteroatoms. The number of phosphoric ester groups is 1. The van der Waals surface area contributed by atoms with Gasteiger partial charge in [0.15, 0.2) is 0 Å². The molecule has 6 heterocycles. The molecular formula is C35H38FN8O7P. The Labute approximate surface area is 298 Å². The van der Waals surface area contributed by atoms with Crippen LogP contribution in [0, 0.1) is 18.3 Å². The van der Waals surface area contributed by atoms with E-state index in [1.54, 1.807) is 53.3 Å². The number of halogens is 1. The number of anilines is 2. The van der Waals surface area contributed by atoms with Crippen molar-refractivity contribution < 1.29 is 32.8 Å². The van der Waals surface area contributed by atoms with Gasteiger partial charge in [0.2, 0.25) is 11.1 Å². The number of fused-ring (bicyclic) bond motifs is 5. The maximum atomic E-state index is 15.8. The minimum Gasteiger partial charge on any atom is -0.477 e. The van der Waals surface area contributed by atoms with Crippen molar-refractivity contribution in [2.24, 2.45) is 13.0 Å². The van der Waals surface area contributed by atoms with Crippen molar-refractivity contribution in [1.29, 1.82) is 0 Å². The van der Waals surface area contributed by atoms with Crippen molar-refractivity contribution in [3.8, 4) is 22.5 Å². The standard InChI is InChI=1S/C35H38FN8O7P/c1-35(2,3)51-52(48,49)50-17-43-15-21(19-10-20-31(45)22(34(46)47)14-42(7)32(20)39-12-19)30(44-9-8-18-13-41(6)16-25(18)44)27-26-28(38-5)23(36)11-24(37-4)29(26)40-33(27)43/h10-12,14-15,18,25,37H,8-9,13,16-17H2,1-4,6-7H3,(H,46,47)(H,48,49)/t18-,25+/m0/s1. The fourth-order valence-electron chi connectivity index (χ4n) is 7.63. The summed E-state index contributed by atoms with van der Waals surface area (Å²) in [5, 5.41) is 13.1. The smallest absolute Gasteiger partial charge is 0.474 e. The van der Waals surface area contributed by atoms with Gasteiger partial charge in [-0.1, -0.05) is 0 Å². The average molecular weight is 733 g/mol. The topological polar surface area (TPSA) is 169 Å². The predicted octanol–water partition coefficient (Wildman–Crippen LogP) is 5.51. The summed E-state index contributed by atoms with van der Waals surface area (Å²) >= 11 is 0. The molecule has 3 atom stereocenters. The molecule has 3 aromatic rings. The van der Waals surface area contributed by atoms with Crippen molar-refractivity contribution in [1.82, 2.24) is 24.0 Å².